The molecular weight excluding hydrogens is 300 g/mol. The molecule has 0 saturated carbocycles. The molecular formula is C20H26N2O2. The van der Waals surface area contributed by atoms with Crippen LogP contribution in [0.4, 0.5) is 10.5 Å². The number of hydrogen-bond acceptors (Lipinski definition) is 2. The Hall–Kier alpha value is -2.49. The molecule has 0 radical (unpaired) electrons. The molecule has 2 rings (SSSR count). The van der Waals surface area contributed by atoms with Crippen molar-refractivity contribution in [1.29, 1.82) is 0 Å². The van der Waals surface area contributed by atoms with E-state index in [1.165, 1.54) is 0 Å². The Balaban J connectivity index is 1.93. The zero-order chi connectivity index (χ0) is 17.6. The van der Waals surface area contributed by atoms with E-state index in [-0.39, 0.29) is 18.2 Å². The summed E-state index contributed by atoms with van der Waals surface area (Å²) in [6, 6.07) is 15.4. The Morgan fingerprint density at radius 3 is 2.42 bits per heavy atom. The molecule has 0 bridgehead atoms. The lowest BCUT2D eigenvalue weighted by Gasteiger charge is -2.23. The van der Waals surface area contributed by atoms with Gasteiger partial charge in [-0.15, -0.1) is 0 Å². The normalized spacial score (nSPS) is 11.0. The predicted molar refractivity (Wildman–Crippen MR) is 98.6 cm³/mol. The number of amides is 2. The lowest BCUT2D eigenvalue weighted by Crippen LogP contribution is -2.33. The molecule has 0 atom stereocenters. The molecule has 2 N–H and O–H groups in total. The van der Waals surface area contributed by atoms with E-state index in [9.17, 15) is 4.79 Å². The van der Waals surface area contributed by atoms with Crippen molar-refractivity contribution in [3.63, 3.8) is 0 Å². The zero-order valence-electron chi connectivity index (χ0n) is 14.8. The smallest absolute Gasteiger partial charge is 0.321 e. The van der Waals surface area contributed by atoms with Crippen LogP contribution in [0, 0.1) is 0 Å². The van der Waals surface area contributed by atoms with Gasteiger partial charge in [-0.3, -0.25) is 0 Å². The lowest BCUT2D eigenvalue weighted by atomic mass is 9.86. The second kappa shape index (κ2) is 7.86. The molecule has 0 aliphatic heterocycles. The zero-order valence-corrected chi connectivity index (χ0v) is 14.8. The molecule has 0 aliphatic carbocycles. The largest absolute Gasteiger partial charge is 0.473 e. The van der Waals surface area contributed by atoms with Crippen molar-refractivity contribution >= 4 is 11.7 Å². The number of anilines is 1. The minimum Gasteiger partial charge on any atom is -0.473 e. The standard InChI is InChI=1S/C20H26N2O2/c1-5-15-10-6-9-13-18(15)24-14-21-19(23)22-17-12-8-7-11-16(17)20(2,3)4/h6-13H,5,14H2,1-4H3,(H2,21,22,23). The van der Waals surface area contributed by atoms with Crippen LogP contribution in [0.15, 0.2) is 48.5 Å². The van der Waals surface area contributed by atoms with Crippen molar-refractivity contribution in [2.24, 2.45) is 0 Å². The molecule has 0 aromatic heterocycles. The van der Waals surface area contributed by atoms with Crippen molar-refractivity contribution in [2.45, 2.75) is 39.5 Å². The highest BCUT2D eigenvalue weighted by atomic mass is 16.5. The Morgan fingerprint density at radius 2 is 1.71 bits per heavy atom. The van der Waals surface area contributed by atoms with Gasteiger partial charge in [0.25, 0.3) is 0 Å². The van der Waals surface area contributed by atoms with Crippen molar-refractivity contribution in [1.82, 2.24) is 5.32 Å². The average molecular weight is 326 g/mol. The first-order valence-electron chi connectivity index (χ1n) is 8.27. The summed E-state index contributed by atoms with van der Waals surface area (Å²) in [6.45, 7) is 8.56. The van der Waals surface area contributed by atoms with Gasteiger partial charge in [-0.25, -0.2) is 4.79 Å². The highest BCUT2D eigenvalue weighted by Crippen LogP contribution is 2.29. The fourth-order valence-corrected chi connectivity index (χ4v) is 2.53. The molecule has 2 aromatic rings. The van der Waals surface area contributed by atoms with Crippen LogP contribution >= 0.6 is 0 Å². The monoisotopic (exact) mass is 326 g/mol. The van der Waals surface area contributed by atoms with Crippen molar-refractivity contribution < 1.29 is 9.53 Å². The lowest BCUT2D eigenvalue weighted by molar-refractivity contribution is 0.234. The molecule has 2 amide bonds. The summed E-state index contributed by atoms with van der Waals surface area (Å²) >= 11 is 0. The molecule has 0 saturated heterocycles. The summed E-state index contributed by atoms with van der Waals surface area (Å²) in [7, 11) is 0. The van der Waals surface area contributed by atoms with Crippen LogP contribution in [-0.2, 0) is 11.8 Å². The number of aryl methyl sites for hydroxylation is 1. The first-order chi connectivity index (χ1) is 11.4. The van der Waals surface area contributed by atoms with Crippen LogP contribution in [0.1, 0.15) is 38.8 Å². The maximum Gasteiger partial charge on any atom is 0.321 e. The number of urea groups is 1. The highest BCUT2D eigenvalue weighted by Gasteiger charge is 2.18. The molecule has 0 aliphatic rings. The van der Waals surface area contributed by atoms with Crippen LogP contribution in [0.5, 0.6) is 5.75 Å². The highest BCUT2D eigenvalue weighted by molar-refractivity contribution is 5.90. The number of nitrogens with one attached hydrogen (secondary N) is 2. The third-order valence-electron chi connectivity index (χ3n) is 3.80. The number of para-hydroxylation sites is 2. The number of hydrogen-bond donors (Lipinski definition) is 2. The summed E-state index contributed by atoms with van der Waals surface area (Å²) in [5, 5.41) is 5.64. The van der Waals surface area contributed by atoms with Crippen LogP contribution in [-0.4, -0.2) is 12.8 Å². The number of benzene rings is 2. The third kappa shape index (κ3) is 4.75. The van der Waals surface area contributed by atoms with Gasteiger partial charge in [0.15, 0.2) is 6.73 Å². The van der Waals surface area contributed by atoms with Crippen molar-refractivity contribution in [3.8, 4) is 5.75 Å². The molecule has 24 heavy (non-hydrogen) atoms. The maximum absolute atomic E-state index is 12.1. The molecule has 4 heteroatoms. The van der Waals surface area contributed by atoms with E-state index >= 15 is 0 Å². The Kier molecular flexibility index (Phi) is 5.85. The predicted octanol–water partition coefficient (Wildman–Crippen LogP) is 4.70. The fraction of sp³-hybridized carbons (Fsp3) is 0.350. The summed E-state index contributed by atoms with van der Waals surface area (Å²) in [5.41, 5.74) is 2.99. The summed E-state index contributed by atoms with van der Waals surface area (Å²) < 4.78 is 5.66. The number of carbonyl (C=O) groups is 1. The van der Waals surface area contributed by atoms with Gasteiger partial charge in [0, 0.05) is 5.69 Å². The molecule has 0 heterocycles. The Morgan fingerprint density at radius 1 is 1.04 bits per heavy atom. The van der Waals surface area contributed by atoms with E-state index in [4.69, 9.17) is 4.74 Å². The van der Waals surface area contributed by atoms with Gasteiger partial charge in [-0.2, -0.15) is 0 Å². The van der Waals surface area contributed by atoms with Crippen LogP contribution < -0.4 is 15.4 Å². The summed E-state index contributed by atoms with van der Waals surface area (Å²) in [5.74, 6) is 0.801. The second-order valence-corrected chi connectivity index (χ2v) is 6.68. The van der Waals surface area contributed by atoms with E-state index in [1.807, 2.05) is 48.5 Å². The van der Waals surface area contributed by atoms with Gasteiger partial charge < -0.3 is 15.4 Å². The van der Waals surface area contributed by atoms with Gasteiger partial charge in [-0.05, 0) is 35.1 Å². The average Bonchev–Trinajstić information content (AvgIpc) is 2.55. The minimum absolute atomic E-state index is 0.0412. The Labute approximate surface area is 144 Å². The summed E-state index contributed by atoms with van der Waals surface area (Å²) in [6.07, 6.45) is 0.890. The molecule has 128 valence electrons. The van der Waals surface area contributed by atoms with Gasteiger partial charge in [0.05, 0.1) is 0 Å². The van der Waals surface area contributed by atoms with Gasteiger partial charge in [0.1, 0.15) is 5.75 Å². The van der Waals surface area contributed by atoms with Crippen molar-refractivity contribution in [2.75, 3.05) is 12.0 Å². The molecule has 4 nitrogen and oxygen atoms in total. The number of rotatable bonds is 5. The second-order valence-electron chi connectivity index (χ2n) is 6.68. The quantitative estimate of drug-likeness (QED) is 0.782. The Bertz CT molecular complexity index is 690. The number of carbonyl (C=O) groups excluding carboxylic acids is 1. The third-order valence-corrected chi connectivity index (χ3v) is 3.80. The molecule has 0 fully saturated rings. The summed E-state index contributed by atoms with van der Waals surface area (Å²) in [4.78, 5) is 12.1. The first kappa shape index (κ1) is 17.9. The fourth-order valence-electron chi connectivity index (χ4n) is 2.53. The van der Waals surface area contributed by atoms with Crippen LogP contribution in [0.2, 0.25) is 0 Å². The van der Waals surface area contributed by atoms with Crippen LogP contribution in [0.25, 0.3) is 0 Å². The first-order valence-corrected chi connectivity index (χ1v) is 8.27. The van der Waals surface area contributed by atoms with Gasteiger partial charge in [0.2, 0.25) is 0 Å². The van der Waals surface area contributed by atoms with E-state index < -0.39 is 0 Å². The van der Waals surface area contributed by atoms with E-state index in [1.54, 1.807) is 0 Å². The number of ether oxygens (including phenoxy) is 1. The molecule has 0 unspecified atom stereocenters. The van der Waals surface area contributed by atoms with Crippen molar-refractivity contribution in [3.05, 3.63) is 59.7 Å². The SMILES string of the molecule is CCc1ccccc1OCNC(=O)Nc1ccccc1C(C)(C)C. The van der Waals surface area contributed by atoms with Gasteiger partial charge in [-0.1, -0.05) is 64.1 Å². The topological polar surface area (TPSA) is 50.4 Å². The van der Waals surface area contributed by atoms with E-state index in [0.29, 0.717) is 0 Å². The van der Waals surface area contributed by atoms with E-state index in [0.717, 1.165) is 29.0 Å². The van der Waals surface area contributed by atoms with E-state index in [2.05, 4.69) is 38.3 Å². The minimum atomic E-state index is -0.277. The van der Waals surface area contributed by atoms with Crippen LogP contribution in [0.3, 0.4) is 0 Å². The maximum atomic E-state index is 12.1. The molecule has 0 spiro atoms. The van der Waals surface area contributed by atoms with Gasteiger partial charge >= 0.3 is 6.03 Å². The molecule has 2 aromatic carbocycles.